The molecule has 2 aromatic rings. The predicted molar refractivity (Wildman–Crippen MR) is 74.0 cm³/mol. The number of carbonyl (C=O) groups excluding carboxylic acids is 1. The quantitative estimate of drug-likeness (QED) is 0.843. The van der Waals surface area contributed by atoms with E-state index >= 15 is 0 Å². The topological polar surface area (TPSA) is 68.0 Å². The Kier molecular flexibility index (Phi) is 2.53. The zero-order valence-corrected chi connectivity index (χ0v) is 11.2. The number of nitrogens with zero attached hydrogens (tertiary/aromatic N) is 1. The number of thiazole rings is 1. The zero-order valence-electron chi connectivity index (χ0n) is 9.58. The van der Waals surface area contributed by atoms with Gasteiger partial charge in [-0.25, -0.2) is 4.98 Å². The molecule has 1 aromatic carbocycles. The Balaban J connectivity index is 2.21. The molecule has 2 heterocycles. The number of anilines is 2. The molecule has 0 bridgehead atoms. The van der Waals surface area contributed by atoms with Crippen LogP contribution in [0, 0.1) is 6.92 Å². The molecular weight excluding hydrogens is 270 g/mol. The Morgan fingerprint density at radius 1 is 1.56 bits per heavy atom. The molecule has 0 fully saturated rings. The number of hydrogen-bond acceptors (Lipinski definition) is 4. The number of halogens is 1. The van der Waals surface area contributed by atoms with Gasteiger partial charge in [-0.05, 0) is 24.1 Å². The van der Waals surface area contributed by atoms with Crippen molar-refractivity contribution in [3.8, 4) is 11.3 Å². The van der Waals surface area contributed by atoms with Crippen LogP contribution in [-0.2, 0) is 11.2 Å². The lowest BCUT2D eigenvalue weighted by Gasteiger charge is -2.10. The summed E-state index contributed by atoms with van der Waals surface area (Å²) in [7, 11) is 0. The number of carbonyl (C=O) groups is 1. The summed E-state index contributed by atoms with van der Waals surface area (Å²) < 4.78 is 0. The third-order valence-electron chi connectivity index (χ3n) is 2.99. The van der Waals surface area contributed by atoms with E-state index in [9.17, 15) is 4.79 Å². The molecule has 1 aliphatic rings. The van der Waals surface area contributed by atoms with Gasteiger partial charge < -0.3 is 11.1 Å². The molecule has 0 saturated heterocycles. The highest BCUT2D eigenvalue weighted by Gasteiger charge is 2.23. The molecule has 18 heavy (non-hydrogen) atoms. The van der Waals surface area contributed by atoms with Gasteiger partial charge in [-0.1, -0.05) is 11.6 Å². The van der Waals surface area contributed by atoms with Gasteiger partial charge >= 0.3 is 0 Å². The number of nitrogens with two attached hydrogens (primary N) is 1. The van der Waals surface area contributed by atoms with Gasteiger partial charge in [0.05, 0.1) is 17.1 Å². The second kappa shape index (κ2) is 3.96. The molecule has 4 nitrogen and oxygen atoms in total. The summed E-state index contributed by atoms with van der Waals surface area (Å²) in [5.41, 5.74) is 9.89. The molecule has 0 radical (unpaired) electrons. The Morgan fingerprint density at radius 2 is 2.33 bits per heavy atom. The first-order valence-electron chi connectivity index (χ1n) is 5.39. The van der Waals surface area contributed by atoms with E-state index in [0.29, 0.717) is 16.6 Å². The number of hydrogen-bond donors (Lipinski definition) is 2. The summed E-state index contributed by atoms with van der Waals surface area (Å²) in [6.07, 6.45) is 0.389. The second-order valence-corrected chi connectivity index (χ2v) is 5.46. The summed E-state index contributed by atoms with van der Waals surface area (Å²) in [6, 6.07) is 1.91. The Hall–Kier alpha value is -1.59. The molecule has 0 aliphatic carbocycles. The molecule has 0 spiro atoms. The van der Waals surface area contributed by atoms with E-state index in [1.165, 1.54) is 11.3 Å². The molecule has 1 aliphatic heterocycles. The molecule has 1 amide bonds. The minimum atomic E-state index is -0.000826. The fourth-order valence-corrected chi connectivity index (χ4v) is 2.94. The van der Waals surface area contributed by atoms with Crippen LogP contribution in [0.1, 0.15) is 11.1 Å². The summed E-state index contributed by atoms with van der Waals surface area (Å²) >= 11 is 7.71. The van der Waals surface area contributed by atoms with Crippen molar-refractivity contribution in [2.24, 2.45) is 0 Å². The van der Waals surface area contributed by atoms with Crippen LogP contribution in [0.3, 0.4) is 0 Å². The first-order valence-corrected chi connectivity index (χ1v) is 6.65. The number of amides is 1. The van der Waals surface area contributed by atoms with Crippen LogP contribution in [-0.4, -0.2) is 10.9 Å². The predicted octanol–water partition coefficient (Wildman–Crippen LogP) is 2.85. The smallest absolute Gasteiger partial charge is 0.228 e. The monoisotopic (exact) mass is 279 g/mol. The van der Waals surface area contributed by atoms with Crippen molar-refractivity contribution in [2.45, 2.75) is 13.3 Å². The molecule has 92 valence electrons. The standard InChI is InChI=1S/C12H10ClN3OS/c1-5-10(13)7(8-4-18-12(14)15-8)2-6-3-9(17)16-11(5)6/h2,4H,3H2,1H3,(H2,14,15)(H,16,17). The number of benzene rings is 1. The second-order valence-electron chi connectivity index (χ2n) is 4.19. The van der Waals surface area contributed by atoms with Crippen LogP contribution < -0.4 is 11.1 Å². The number of aromatic nitrogens is 1. The molecule has 3 rings (SSSR count). The van der Waals surface area contributed by atoms with E-state index in [1.54, 1.807) is 0 Å². The maximum absolute atomic E-state index is 11.4. The average molecular weight is 280 g/mol. The zero-order chi connectivity index (χ0) is 12.9. The SMILES string of the molecule is Cc1c(Cl)c(-c2csc(N)n2)cc2c1NC(=O)C2. The van der Waals surface area contributed by atoms with Crippen LogP contribution >= 0.6 is 22.9 Å². The van der Waals surface area contributed by atoms with Crippen LogP contribution in [0.2, 0.25) is 5.02 Å². The Bertz CT molecular complexity index is 666. The Labute approximate surface area is 113 Å². The van der Waals surface area contributed by atoms with Crippen LogP contribution in [0.4, 0.5) is 10.8 Å². The van der Waals surface area contributed by atoms with E-state index in [4.69, 9.17) is 17.3 Å². The van der Waals surface area contributed by atoms with Gasteiger partial charge in [-0.2, -0.15) is 0 Å². The average Bonchev–Trinajstić information content (AvgIpc) is 2.89. The normalized spacial score (nSPS) is 13.6. The summed E-state index contributed by atoms with van der Waals surface area (Å²) in [4.78, 5) is 15.7. The largest absolute Gasteiger partial charge is 0.375 e. The van der Waals surface area contributed by atoms with Crippen molar-refractivity contribution < 1.29 is 4.79 Å². The third kappa shape index (κ3) is 1.67. The van der Waals surface area contributed by atoms with Gasteiger partial charge in [0.15, 0.2) is 5.13 Å². The van der Waals surface area contributed by atoms with Crippen molar-refractivity contribution in [1.82, 2.24) is 4.98 Å². The van der Waals surface area contributed by atoms with E-state index in [0.717, 1.165) is 28.1 Å². The summed E-state index contributed by atoms with van der Waals surface area (Å²) in [5.74, 6) is -0.000826. The number of rotatable bonds is 1. The number of fused-ring (bicyclic) bond motifs is 1. The maximum Gasteiger partial charge on any atom is 0.228 e. The Morgan fingerprint density at radius 3 is 3.00 bits per heavy atom. The maximum atomic E-state index is 11.4. The lowest BCUT2D eigenvalue weighted by molar-refractivity contribution is -0.115. The first-order chi connectivity index (χ1) is 8.56. The van der Waals surface area contributed by atoms with Crippen molar-refractivity contribution >= 4 is 39.7 Å². The third-order valence-corrected chi connectivity index (χ3v) is 4.15. The van der Waals surface area contributed by atoms with Crippen LogP contribution in [0.15, 0.2) is 11.4 Å². The van der Waals surface area contributed by atoms with Crippen molar-refractivity contribution in [3.63, 3.8) is 0 Å². The van der Waals surface area contributed by atoms with Gasteiger partial charge in [0.2, 0.25) is 5.91 Å². The van der Waals surface area contributed by atoms with E-state index < -0.39 is 0 Å². The van der Waals surface area contributed by atoms with Gasteiger partial charge in [0, 0.05) is 16.6 Å². The fraction of sp³-hybridized carbons (Fsp3) is 0.167. The highest BCUT2D eigenvalue weighted by molar-refractivity contribution is 7.13. The lowest BCUT2D eigenvalue weighted by atomic mass is 10.0. The fourth-order valence-electron chi connectivity index (χ4n) is 2.13. The van der Waals surface area contributed by atoms with Crippen LogP contribution in [0.25, 0.3) is 11.3 Å². The van der Waals surface area contributed by atoms with E-state index in [2.05, 4.69) is 10.3 Å². The van der Waals surface area contributed by atoms with Crippen molar-refractivity contribution in [3.05, 3.63) is 27.6 Å². The highest BCUT2D eigenvalue weighted by atomic mass is 35.5. The van der Waals surface area contributed by atoms with E-state index in [-0.39, 0.29) is 5.91 Å². The van der Waals surface area contributed by atoms with Gasteiger partial charge in [0.25, 0.3) is 0 Å². The van der Waals surface area contributed by atoms with Gasteiger partial charge in [0.1, 0.15) is 0 Å². The van der Waals surface area contributed by atoms with Crippen LogP contribution in [0.5, 0.6) is 0 Å². The molecule has 0 atom stereocenters. The van der Waals surface area contributed by atoms with Crippen molar-refractivity contribution in [2.75, 3.05) is 11.1 Å². The molecular formula is C12H10ClN3OS. The number of nitrogen functional groups attached to an aromatic ring is 1. The minimum Gasteiger partial charge on any atom is -0.375 e. The lowest BCUT2D eigenvalue weighted by Crippen LogP contribution is -2.04. The highest BCUT2D eigenvalue weighted by Crippen LogP contribution is 2.39. The van der Waals surface area contributed by atoms with E-state index in [1.807, 2.05) is 18.4 Å². The van der Waals surface area contributed by atoms with Gasteiger partial charge in [-0.15, -0.1) is 11.3 Å². The first kappa shape index (κ1) is 11.5. The molecule has 3 N–H and O–H groups in total. The summed E-state index contributed by atoms with van der Waals surface area (Å²) in [6.45, 7) is 1.89. The molecule has 0 unspecified atom stereocenters. The molecule has 1 aromatic heterocycles. The molecule has 6 heteroatoms. The van der Waals surface area contributed by atoms with Crippen molar-refractivity contribution in [1.29, 1.82) is 0 Å². The van der Waals surface area contributed by atoms with Gasteiger partial charge in [-0.3, -0.25) is 4.79 Å². The summed E-state index contributed by atoms with van der Waals surface area (Å²) in [5, 5.41) is 5.81. The number of nitrogens with one attached hydrogen (secondary N) is 1. The molecule has 0 saturated carbocycles. The minimum absolute atomic E-state index is 0.000826.